The van der Waals surface area contributed by atoms with E-state index >= 15 is 0 Å². The van der Waals surface area contributed by atoms with Crippen LogP contribution in [0.1, 0.15) is 25.9 Å². The number of carbonyl (C=O) groups is 2. The van der Waals surface area contributed by atoms with Crippen molar-refractivity contribution in [2.75, 3.05) is 19.4 Å². The van der Waals surface area contributed by atoms with Crippen LogP contribution in [0.25, 0.3) is 0 Å². The summed E-state index contributed by atoms with van der Waals surface area (Å²) in [4.78, 5) is 26.2. The second kappa shape index (κ2) is 5.46. The lowest BCUT2D eigenvalue weighted by Crippen LogP contribution is -2.24. The van der Waals surface area contributed by atoms with Gasteiger partial charge in [0.2, 0.25) is 0 Å². The highest BCUT2D eigenvalue weighted by molar-refractivity contribution is 7.12. The number of hydrogen-bond acceptors (Lipinski definition) is 4. The molecule has 20 heavy (non-hydrogen) atoms. The third-order valence-electron chi connectivity index (χ3n) is 2.93. The van der Waals surface area contributed by atoms with Crippen LogP contribution in [0.2, 0.25) is 0 Å². The Labute approximate surface area is 121 Å². The fraction of sp³-hybridized carbons (Fsp3) is 0.308. The Morgan fingerprint density at radius 3 is 2.65 bits per heavy atom. The fourth-order valence-electron chi connectivity index (χ4n) is 1.70. The molecule has 0 bridgehead atoms. The first-order valence-electron chi connectivity index (χ1n) is 6.02. The Hall–Kier alpha value is -2.15. The number of thiophene rings is 1. The Balaban J connectivity index is 2.36. The maximum absolute atomic E-state index is 12.1. The highest BCUT2D eigenvalue weighted by Crippen LogP contribution is 2.22. The van der Waals surface area contributed by atoms with Crippen molar-refractivity contribution in [2.45, 2.75) is 6.92 Å². The predicted molar refractivity (Wildman–Crippen MR) is 78.2 cm³/mol. The van der Waals surface area contributed by atoms with Gasteiger partial charge in [-0.05, 0) is 18.4 Å². The lowest BCUT2D eigenvalue weighted by atomic mass is 10.2. The van der Waals surface area contributed by atoms with Crippen LogP contribution >= 0.6 is 11.3 Å². The SMILES string of the molecule is Cc1c(NC(=O)c2cccs2)c(C(=O)N(C)C)nn1C. The first-order chi connectivity index (χ1) is 9.41. The van der Waals surface area contributed by atoms with Gasteiger partial charge in [0.25, 0.3) is 11.8 Å². The van der Waals surface area contributed by atoms with Crippen LogP contribution in [0, 0.1) is 6.92 Å². The van der Waals surface area contributed by atoms with Crippen molar-refractivity contribution >= 4 is 28.8 Å². The highest BCUT2D eigenvalue weighted by atomic mass is 32.1. The normalized spacial score (nSPS) is 10.4. The molecule has 2 aromatic heterocycles. The molecule has 2 amide bonds. The van der Waals surface area contributed by atoms with Gasteiger partial charge in [0, 0.05) is 21.1 Å². The van der Waals surface area contributed by atoms with Crippen molar-refractivity contribution in [3.63, 3.8) is 0 Å². The molecular formula is C13H16N4O2S. The summed E-state index contributed by atoms with van der Waals surface area (Å²) < 4.78 is 1.58. The van der Waals surface area contributed by atoms with Gasteiger partial charge < -0.3 is 10.2 Å². The van der Waals surface area contributed by atoms with Crippen molar-refractivity contribution < 1.29 is 9.59 Å². The zero-order valence-electron chi connectivity index (χ0n) is 11.8. The Bertz CT molecular complexity index is 644. The van der Waals surface area contributed by atoms with E-state index in [9.17, 15) is 9.59 Å². The maximum Gasteiger partial charge on any atom is 0.276 e. The minimum atomic E-state index is -0.241. The molecule has 0 spiro atoms. The van der Waals surface area contributed by atoms with Crippen LogP contribution < -0.4 is 5.32 Å². The molecule has 106 valence electrons. The summed E-state index contributed by atoms with van der Waals surface area (Å²) >= 11 is 1.35. The lowest BCUT2D eigenvalue weighted by Gasteiger charge is -2.10. The van der Waals surface area contributed by atoms with Crippen LogP contribution in [0.5, 0.6) is 0 Å². The Morgan fingerprint density at radius 2 is 2.10 bits per heavy atom. The van der Waals surface area contributed by atoms with Gasteiger partial charge in [-0.1, -0.05) is 6.07 Å². The molecule has 2 aromatic rings. The zero-order chi connectivity index (χ0) is 14.9. The van der Waals surface area contributed by atoms with E-state index < -0.39 is 0 Å². The summed E-state index contributed by atoms with van der Waals surface area (Å²) in [5.41, 5.74) is 1.45. The predicted octanol–water partition coefficient (Wildman–Crippen LogP) is 1.74. The maximum atomic E-state index is 12.1. The van der Waals surface area contributed by atoms with Gasteiger partial charge in [-0.15, -0.1) is 11.3 Å². The summed E-state index contributed by atoms with van der Waals surface area (Å²) in [5, 5.41) is 8.79. The minimum Gasteiger partial charge on any atom is -0.343 e. The molecule has 0 fully saturated rings. The largest absolute Gasteiger partial charge is 0.343 e. The molecule has 1 N–H and O–H groups in total. The summed E-state index contributed by atoms with van der Waals surface area (Å²) in [5.74, 6) is -0.473. The molecule has 2 heterocycles. The second-order valence-corrected chi connectivity index (χ2v) is 5.51. The molecule has 6 nitrogen and oxygen atoms in total. The molecule has 0 atom stereocenters. The first-order valence-corrected chi connectivity index (χ1v) is 6.90. The van der Waals surface area contributed by atoms with Gasteiger partial charge in [0.05, 0.1) is 16.3 Å². The van der Waals surface area contributed by atoms with Gasteiger partial charge >= 0.3 is 0 Å². The van der Waals surface area contributed by atoms with E-state index in [4.69, 9.17) is 0 Å². The van der Waals surface area contributed by atoms with E-state index in [-0.39, 0.29) is 17.5 Å². The third-order valence-corrected chi connectivity index (χ3v) is 3.79. The van der Waals surface area contributed by atoms with Crippen molar-refractivity contribution in [2.24, 2.45) is 7.05 Å². The Kier molecular flexibility index (Phi) is 3.89. The molecule has 2 rings (SSSR count). The summed E-state index contributed by atoms with van der Waals surface area (Å²) in [7, 11) is 5.04. The van der Waals surface area contributed by atoms with Crippen molar-refractivity contribution in [1.29, 1.82) is 0 Å². The van der Waals surface area contributed by atoms with Gasteiger partial charge in [-0.3, -0.25) is 14.3 Å². The van der Waals surface area contributed by atoms with Crippen LogP contribution in [0.4, 0.5) is 5.69 Å². The average Bonchev–Trinajstić information content (AvgIpc) is 3.01. The van der Waals surface area contributed by atoms with Gasteiger partial charge in [0.15, 0.2) is 5.69 Å². The topological polar surface area (TPSA) is 67.2 Å². The van der Waals surface area contributed by atoms with E-state index in [0.29, 0.717) is 10.6 Å². The first kappa shape index (κ1) is 14.3. The summed E-state index contributed by atoms with van der Waals surface area (Å²) in [6, 6.07) is 3.54. The standard InChI is InChI=1S/C13H16N4O2S/c1-8-10(14-12(18)9-6-5-7-20-9)11(15-17(8)4)13(19)16(2)3/h5-7H,1-4H3,(H,14,18). The van der Waals surface area contributed by atoms with E-state index in [1.54, 1.807) is 31.9 Å². The fourth-order valence-corrected chi connectivity index (χ4v) is 2.32. The average molecular weight is 292 g/mol. The van der Waals surface area contributed by atoms with Crippen LogP contribution in [0.3, 0.4) is 0 Å². The van der Waals surface area contributed by atoms with Gasteiger partial charge in [-0.2, -0.15) is 5.10 Å². The molecule has 0 saturated carbocycles. The zero-order valence-corrected chi connectivity index (χ0v) is 12.6. The van der Waals surface area contributed by atoms with E-state index in [1.807, 2.05) is 18.4 Å². The smallest absolute Gasteiger partial charge is 0.276 e. The number of hydrogen-bond donors (Lipinski definition) is 1. The highest BCUT2D eigenvalue weighted by Gasteiger charge is 2.23. The van der Waals surface area contributed by atoms with E-state index in [2.05, 4.69) is 10.4 Å². The molecule has 0 aliphatic carbocycles. The van der Waals surface area contributed by atoms with E-state index in [1.165, 1.54) is 16.2 Å². The molecule has 7 heteroatoms. The van der Waals surface area contributed by atoms with Gasteiger partial charge in [-0.25, -0.2) is 0 Å². The molecule has 0 saturated heterocycles. The molecule has 0 unspecified atom stereocenters. The van der Waals surface area contributed by atoms with Crippen LogP contribution in [-0.4, -0.2) is 40.6 Å². The minimum absolute atomic E-state index is 0.232. The molecule has 0 aromatic carbocycles. The number of aromatic nitrogens is 2. The number of carbonyl (C=O) groups excluding carboxylic acids is 2. The van der Waals surface area contributed by atoms with Crippen molar-refractivity contribution in [3.05, 3.63) is 33.8 Å². The number of amides is 2. The monoisotopic (exact) mass is 292 g/mol. The molecule has 0 aliphatic rings. The molecule has 0 radical (unpaired) electrons. The number of rotatable bonds is 3. The summed E-state index contributed by atoms with van der Waals surface area (Å²) in [6.45, 7) is 1.81. The van der Waals surface area contributed by atoms with Crippen molar-refractivity contribution in [3.8, 4) is 0 Å². The number of nitrogens with zero attached hydrogens (tertiary/aromatic N) is 3. The molecular weight excluding hydrogens is 276 g/mol. The van der Waals surface area contributed by atoms with Crippen LogP contribution in [-0.2, 0) is 7.05 Å². The Morgan fingerprint density at radius 1 is 1.40 bits per heavy atom. The molecule has 0 aliphatic heterocycles. The summed E-state index contributed by atoms with van der Waals surface area (Å²) in [6.07, 6.45) is 0. The van der Waals surface area contributed by atoms with Crippen LogP contribution in [0.15, 0.2) is 17.5 Å². The quantitative estimate of drug-likeness (QED) is 0.937. The third kappa shape index (κ3) is 2.57. The number of nitrogens with one attached hydrogen (secondary N) is 1. The number of anilines is 1. The van der Waals surface area contributed by atoms with Gasteiger partial charge in [0.1, 0.15) is 0 Å². The van der Waals surface area contributed by atoms with Crippen molar-refractivity contribution in [1.82, 2.24) is 14.7 Å². The second-order valence-electron chi connectivity index (χ2n) is 4.56. The number of aryl methyl sites for hydroxylation is 1. The lowest BCUT2D eigenvalue weighted by molar-refractivity contribution is 0.0822. The van der Waals surface area contributed by atoms with E-state index in [0.717, 1.165) is 5.69 Å².